The lowest BCUT2D eigenvalue weighted by atomic mass is 10.00. The number of benzene rings is 1. The van der Waals surface area contributed by atoms with Crippen LogP contribution in [0.15, 0.2) is 41.4 Å². The third-order valence-electron chi connectivity index (χ3n) is 5.11. The summed E-state index contributed by atoms with van der Waals surface area (Å²) in [5, 5.41) is 10.1. The summed E-state index contributed by atoms with van der Waals surface area (Å²) >= 11 is 1.36. The molecule has 1 aliphatic rings. The predicted octanol–water partition coefficient (Wildman–Crippen LogP) is 4.29. The number of carbonyl (C=O) groups is 1. The molecule has 1 amide bonds. The zero-order chi connectivity index (χ0) is 19.4. The van der Waals surface area contributed by atoms with Gasteiger partial charge >= 0.3 is 0 Å². The Balaban J connectivity index is 1.65. The first-order valence-electron chi connectivity index (χ1n) is 9.04. The Labute approximate surface area is 164 Å². The van der Waals surface area contributed by atoms with E-state index in [2.05, 4.69) is 29.3 Å². The van der Waals surface area contributed by atoms with Crippen LogP contribution in [0.2, 0.25) is 0 Å². The number of amides is 1. The molecule has 0 saturated carbocycles. The zero-order valence-corrected chi connectivity index (χ0v) is 16.8. The fraction of sp³-hybridized carbons (Fsp3) is 0.318. The SMILES string of the molecule is Cc1nc(SCC(=O)N2CC=C(c3ccccc3)CC2)c(C#N)c(C)c1C. The van der Waals surface area contributed by atoms with Crippen LogP contribution in [0.5, 0.6) is 0 Å². The summed E-state index contributed by atoms with van der Waals surface area (Å²) in [5.41, 5.74) is 6.01. The second-order valence-electron chi connectivity index (χ2n) is 6.71. The first kappa shape index (κ1) is 19.2. The maximum absolute atomic E-state index is 12.6. The standard InChI is InChI=1S/C22H23N3OS/c1-15-16(2)20(13-23)22(24-17(15)3)27-14-21(26)25-11-9-19(10-12-25)18-7-5-4-6-8-18/h4-9H,10-12,14H2,1-3H3. The molecule has 2 heterocycles. The summed E-state index contributed by atoms with van der Waals surface area (Å²) in [7, 11) is 0. The first-order valence-corrected chi connectivity index (χ1v) is 10.0. The first-order chi connectivity index (χ1) is 13.0. The van der Waals surface area contributed by atoms with Crippen LogP contribution < -0.4 is 0 Å². The van der Waals surface area contributed by atoms with Crippen molar-refractivity contribution in [3.05, 3.63) is 64.4 Å². The fourth-order valence-electron chi connectivity index (χ4n) is 3.18. The molecule has 0 atom stereocenters. The Kier molecular flexibility index (Phi) is 5.98. The van der Waals surface area contributed by atoms with E-state index in [0.717, 1.165) is 29.8 Å². The molecule has 1 aromatic carbocycles. The smallest absolute Gasteiger partial charge is 0.233 e. The number of hydrogen-bond acceptors (Lipinski definition) is 4. The van der Waals surface area contributed by atoms with E-state index in [1.54, 1.807) is 0 Å². The molecule has 3 rings (SSSR count). The Hall–Kier alpha value is -2.58. The molecule has 0 N–H and O–H groups in total. The van der Waals surface area contributed by atoms with Crippen LogP contribution in [-0.4, -0.2) is 34.6 Å². The van der Waals surface area contributed by atoms with Gasteiger partial charge in [0.1, 0.15) is 11.1 Å². The van der Waals surface area contributed by atoms with E-state index in [1.165, 1.54) is 22.9 Å². The summed E-state index contributed by atoms with van der Waals surface area (Å²) in [6.07, 6.45) is 3.01. The maximum Gasteiger partial charge on any atom is 0.233 e. The van der Waals surface area contributed by atoms with Gasteiger partial charge in [-0.2, -0.15) is 5.26 Å². The van der Waals surface area contributed by atoms with E-state index < -0.39 is 0 Å². The van der Waals surface area contributed by atoms with E-state index in [9.17, 15) is 10.1 Å². The number of aryl methyl sites for hydroxylation is 1. The highest BCUT2D eigenvalue weighted by atomic mass is 32.2. The number of nitriles is 1. The van der Waals surface area contributed by atoms with Crippen LogP contribution >= 0.6 is 11.8 Å². The van der Waals surface area contributed by atoms with Gasteiger partial charge in [-0.25, -0.2) is 4.98 Å². The third kappa shape index (κ3) is 4.23. The van der Waals surface area contributed by atoms with E-state index >= 15 is 0 Å². The van der Waals surface area contributed by atoms with Crippen LogP contribution in [-0.2, 0) is 4.79 Å². The van der Waals surface area contributed by atoms with Crippen molar-refractivity contribution >= 4 is 23.2 Å². The molecule has 0 fully saturated rings. The molecule has 0 unspecified atom stereocenters. The molecule has 0 spiro atoms. The molecule has 0 bridgehead atoms. The van der Waals surface area contributed by atoms with E-state index in [-0.39, 0.29) is 5.91 Å². The number of nitrogens with zero attached hydrogens (tertiary/aromatic N) is 3. The zero-order valence-electron chi connectivity index (χ0n) is 16.0. The summed E-state index contributed by atoms with van der Waals surface area (Å²) in [6, 6.07) is 12.5. The minimum atomic E-state index is 0.0879. The van der Waals surface area contributed by atoms with Crippen molar-refractivity contribution in [1.29, 1.82) is 5.26 Å². The van der Waals surface area contributed by atoms with Gasteiger partial charge in [-0.1, -0.05) is 48.2 Å². The van der Waals surface area contributed by atoms with Crippen molar-refractivity contribution in [1.82, 2.24) is 9.88 Å². The van der Waals surface area contributed by atoms with Crippen LogP contribution in [0.3, 0.4) is 0 Å². The minimum absolute atomic E-state index is 0.0879. The van der Waals surface area contributed by atoms with Gasteiger partial charge < -0.3 is 4.90 Å². The Morgan fingerprint density at radius 3 is 2.59 bits per heavy atom. The van der Waals surface area contributed by atoms with Gasteiger partial charge in [0, 0.05) is 18.8 Å². The van der Waals surface area contributed by atoms with Crippen LogP contribution in [0.4, 0.5) is 0 Å². The van der Waals surface area contributed by atoms with Gasteiger partial charge in [-0.3, -0.25) is 4.79 Å². The van der Waals surface area contributed by atoms with E-state index in [0.29, 0.717) is 22.9 Å². The van der Waals surface area contributed by atoms with E-state index in [4.69, 9.17) is 0 Å². The van der Waals surface area contributed by atoms with Crippen LogP contribution in [0, 0.1) is 32.1 Å². The lowest BCUT2D eigenvalue weighted by Gasteiger charge is -2.26. The van der Waals surface area contributed by atoms with Gasteiger partial charge in [-0.15, -0.1) is 0 Å². The summed E-state index contributed by atoms with van der Waals surface area (Å²) in [6.45, 7) is 7.21. The largest absolute Gasteiger partial charge is 0.338 e. The highest BCUT2D eigenvalue weighted by molar-refractivity contribution is 8.00. The third-order valence-corrected chi connectivity index (χ3v) is 6.07. The van der Waals surface area contributed by atoms with Crippen LogP contribution in [0.1, 0.15) is 34.4 Å². The molecule has 5 heteroatoms. The highest BCUT2D eigenvalue weighted by Crippen LogP contribution is 2.27. The normalized spacial score (nSPS) is 13.9. The van der Waals surface area contributed by atoms with Gasteiger partial charge in [0.15, 0.2) is 0 Å². The van der Waals surface area contributed by atoms with Crippen molar-refractivity contribution in [2.24, 2.45) is 0 Å². The van der Waals surface area contributed by atoms with Gasteiger partial charge in [0.05, 0.1) is 11.3 Å². The topological polar surface area (TPSA) is 57.0 Å². The van der Waals surface area contributed by atoms with Crippen molar-refractivity contribution in [3.63, 3.8) is 0 Å². The Morgan fingerprint density at radius 1 is 1.22 bits per heavy atom. The number of rotatable bonds is 4. The summed E-state index contributed by atoms with van der Waals surface area (Å²) in [4.78, 5) is 19.0. The average molecular weight is 378 g/mol. The molecular formula is C22H23N3OS. The average Bonchev–Trinajstić information content (AvgIpc) is 2.71. The predicted molar refractivity (Wildman–Crippen MR) is 110 cm³/mol. The van der Waals surface area contributed by atoms with Crippen molar-refractivity contribution in [2.75, 3.05) is 18.8 Å². The Morgan fingerprint density at radius 2 is 1.96 bits per heavy atom. The molecule has 138 valence electrons. The number of aromatic nitrogens is 1. The second-order valence-corrected chi connectivity index (χ2v) is 7.68. The molecular weight excluding hydrogens is 354 g/mol. The molecule has 0 aliphatic carbocycles. The highest BCUT2D eigenvalue weighted by Gasteiger charge is 2.20. The fourth-order valence-corrected chi connectivity index (χ4v) is 4.17. The van der Waals surface area contributed by atoms with Crippen molar-refractivity contribution in [2.45, 2.75) is 32.2 Å². The van der Waals surface area contributed by atoms with Crippen LogP contribution in [0.25, 0.3) is 5.57 Å². The molecule has 1 aromatic heterocycles. The monoisotopic (exact) mass is 377 g/mol. The summed E-state index contributed by atoms with van der Waals surface area (Å²) in [5.74, 6) is 0.392. The number of carbonyl (C=O) groups excluding carboxylic acids is 1. The van der Waals surface area contributed by atoms with E-state index in [1.807, 2.05) is 43.9 Å². The Bertz CT molecular complexity index is 929. The lowest BCUT2D eigenvalue weighted by Crippen LogP contribution is -2.35. The second kappa shape index (κ2) is 8.41. The minimum Gasteiger partial charge on any atom is -0.338 e. The molecule has 1 aliphatic heterocycles. The quantitative estimate of drug-likeness (QED) is 0.746. The van der Waals surface area contributed by atoms with Gasteiger partial charge in [0.25, 0.3) is 0 Å². The summed E-state index contributed by atoms with van der Waals surface area (Å²) < 4.78 is 0. The molecule has 4 nitrogen and oxygen atoms in total. The van der Waals surface area contributed by atoms with Gasteiger partial charge in [-0.05, 0) is 49.5 Å². The number of pyridine rings is 1. The maximum atomic E-state index is 12.6. The van der Waals surface area contributed by atoms with Gasteiger partial charge in [0.2, 0.25) is 5.91 Å². The number of hydrogen-bond donors (Lipinski definition) is 0. The molecule has 27 heavy (non-hydrogen) atoms. The molecule has 0 radical (unpaired) electrons. The molecule has 2 aromatic rings. The number of thioether (sulfide) groups is 1. The lowest BCUT2D eigenvalue weighted by molar-refractivity contribution is -0.127. The van der Waals surface area contributed by atoms with Crippen molar-refractivity contribution in [3.8, 4) is 6.07 Å². The molecule has 0 saturated heterocycles. The van der Waals surface area contributed by atoms with Crippen molar-refractivity contribution < 1.29 is 4.79 Å².